The second kappa shape index (κ2) is 3.40. The number of hydrogen-bond donors (Lipinski definition) is 2. The van der Waals surface area contributed by atoms with Crippen LogP contribution in [0.15, 0.2) is 18.2 Å². The lowest BCUT2D eigenvalue weighted by Gasteiger charge is -2.08. The first kappa shape index (κ1) is 9.18. The fourth-order valence-corrected chi connectivity index (χ4v) is 1.49. The van der Waals surface area contributed by atoms with Gasteiger partial charge in [-0.1, -0.05) is 6.07 Å². The van der Waals surface area contributed by atoms with E-state index in [0.717, 1.165) is 11.1 Å². The van der Waals surface area contributed by atoms with Crippen molar-refractivity contribution in [3.8, 4) is 0 Å². The maximum atomic E-state index is 11.1. The molecule has 0 amide bonds. The number of rotatable bonds is 2. The number of nitrogens with two attached hydrogens (primary N) is 1. The third-order valence-corrected chi connectivity index (χ3v) is 2.33. The maximum Gasteiger partial charge on any atom is 0.338 e. The van der Waals surface area contributed by atoms with Crippen molar-refractivity contribution in [1.29, 1.82) is 0 Å². The molecule has 3 N–H and O–H groups in total. The summed E-state index contributed by atoms with van der Waals surface area (Å²) in [5.41, 5.74) is 7.91. The molecule has 14 heavy (non-hydrogen) atoms. The van der Waals surface area contributed by atoms with Gasteiger partial charge in [-0.15, -0.1) is 0 Å². The maximum absolute atomic E-state index is 11.1. The average molecular weight is 193 g/mol. The molecule has 1 atom stereocenters. The lowest BCUT2D eigenvalue weighted by atomic mass is 10.0. The molecule has 1 aliphatic rings. The molecular formula is C10H11NO3. The Kier molecular flexibility index (Phi) is 2.23. The Morgan fingerprint density at radius 2 is 2.36 bits per heavy atom. The highest BCUT2D eigenvalue weighted by atomic mass is 16.5. The van der Waals surface area contributed by atoms with Crippen molar-refractivity contribution in [2.75, 3.05) is 6.61 Å². The molecule has 0 spiro atoms. The summed E-state index contributed by atoms with van der Waals surface area (Å²) in [7, 11) is 0. The minimum Gasteiger partial charge on any atom is -0.457 e. The van der Waals surface area contributed by atoms with Gasteiger partial charge in [-0.25, -0.2) is 4.79 Å². The monoisotopic (exact) mass is 193 g/mol. The third kappa shape index (κ3) is 1.38. The van der Waals surface area contributed by atoms with Crippen LogP contribution < -0.4 is 5.73 Å². The van der Waals surface area contributed by atoms with E-state index in [1.54, 1.807) is 18.2 Å². The van der Waals surface area contributed by atoms with Crippen LogP contribution in [0, 0.1) is 0 Å². The molecule has 1 aromatic rings. The topological polar surface area (TPSA) is 72.6 Å². The van der Waals surface area contributed by atoms with Crippen LogP contribution in [0.3, 0.4) is 0 Å². The normalized spacial score (nSPS) is 16.3. The predicted octanol–water partition coefficient (Wildman–Crippen LogP) is 0.349. The highest BCUT2D eigenvalue weighted by Gasteiger charge is 2.21. The van der Waals surface area contributed by atoms with Crippen molar-refractivity contribution in [2.45, 2.75) is 12.6 Å². The quantitative estimate of drug-likeness (QED) is 0.665. The zero-order valence-electron chi connectivity index (χ0n) is 7.56. The molecule has 2 rings (SSSR count). The molecule has 4 heteroatoms. The van der Waals surface area contributed by atoms with Crippen LogP contribution in [-0.4, -0.2) is 17.7 Å². The Balaban J connectivity index is 2.37. The van der Waals surface area contributed by atoms with Gasteiger partial charge in [0, 0.05) is 5.56 Å². The van der Waals surface area contributed by atoms with Crippen LogP contribution >= 0.6 is 0 Å². The first-order valence-corrected chi connectivity index (χ1v) is 4.38. The lowest BCUT2D eigenvalue weighted by molar-refractivity contribution is 0.0535. The predicted molar refractivity (Wildman–Crippen MR) is 49.6 cm³/mol. The summed E-state index contributed by atoms with van der Waals surface area (Å²) in [6, 6.07) is 4.85. The minimum absolute atomic E-state index is 0.104. The van der Waals surface area contributed by atoms with Gasteiger partial charge >= 0.3 is 5.97 Å². The Morgan fingerprint density at radius 1 is 1.57 bits per heavy atom. The number of aliphatic hydroxyl groups is 1. The third-order valence-electron chi connectivity index (χ3n) is 2.33. The molecule has 74 valence electrons. The van der Waals surface area contributed by atoms with Crippen LogP contribution in [0.4, 0.5) is 0 Å². The van der Waals surface area contributed by atoms with Gasteiger partial charge in [-0.05, 0) is 17.7 Å². The molecule has 1 heterocycles. The summed E-state index contributed by atoms with van der Waals surface area (Å²) in [6.45, 7) is 0.202. The van der Waals surface area contributed by atoms with Crippen molar-refractivity contribution >= 4 is 5.97 Å². The second-order valence-electron chi connectivity index (χ2n) is 3.28. The summed E-state index contributed by atoms with van der Waals surface area (Å²) >= 11 is 0. The number of aliphatic hydroxyl groups excluding tert-OH is 1. The molecule has 1 aliphatic heterocycles. The van der Waals surface area contributed by atoms with E-state index in [4.69, 9.17) is 15.6 Å². The number of benzene rings is 1. The van der Waals surface area contributed by atoms with Crippen molar-refractivity contribution in [2.24, 2.45) is 5.73 Å². The molecule has 0 bridgehead atoms. The second-order valence-corrected chi connectivity index (χ2v) is 3.28. The summed E-state index contributed by atoms with van der Waals surface area (Å²) in [5, 5.41) is 8.87. The van der Waals surface area contributed by atoms with Gasteiger partial charge in [0.2, 0.25) is 0 Å². The van der Waals surface area contributed by atoms with Crippen LogP contribution in [0.1, 0.15) is 27.5 Å². The van der Waals surface area contributed by atoms with E-state index < -0.39 is 6.04 Å². The number of carbonyl (C=O) groups excluding carboxylic acids is 1. The Labute approximate surface area is 81.3 Å². The standard InChI is InChI=1S/C10H11NO3/c11-9(4-12)6-1-2-8-7(3-6)5-14-10(8)13/h1-3,9,12H,4-5,11H2/t9-/m1/s1. The molecule has 0 fully saturated rings. The molecule has 0 saturated heterocycles. The Bertz CT molecular complexity index is 376. The molecule has 0 saturated carbocycles. The first-order valence-electron chi connectivity index (χ1n) is 4.38. The minimum atomic E-state index is -0.393. The van der Waals surface area contributed by atoms with E-state index in [1.807, 2.05) is 0 Å². The fraction of sp³-hybridized carbons (Fsp3) is 0.300. The molecule has 1 aromatic carbocycles. The molecule has 4 nitrogen and oxygen atoms in total. The zero-order valence-corrected chi connectivity index (χ0v) is 7.56. The molecular weight excluding hydrogens is 182 g/mol. The van der Waals surface area contributed by atoms with Crippen LogP contribution in [0.5, 0.6) is 0 Å². The summed E-state index contributed by atoms with van der Waals surface area (Å²) < 4.78 is 4.85. The highest BCUT2D eigenvalue weighted by molar-refractivity contribution is 5.93. The zero-order chi connectivity index (χ0) is 10.1. The van der Waals surface area contributed by atoms with E-state index >= 15 is 0 Å². The number of fused-ring (bicyclic) bond motifs is 1. The molecule has 0 unspecified atom stereocenters. The van der Waals surface area contributed by atoms with Gasteiger partial charge in [-0.2, -0.15) is 0 Å². The van der Waals surface area contributed by atoms with E-state index in [0.29, 0.717) is 12.2 Å². The summed E-state index contributed by atoms with van der Waals surface area (Å²) in [6.07, 6.45) is 0. The van der Waals surface area contributed by atoms with Crippen LogP contribution in [-0.2, 0) is 11.3 Å². The molecule has 0 aliphatic carbocycles. The van der Waals surface area contributed by atoms with Crippen molar-refractivity contribution in [3.63, 3.8) is 0 Å². The van der Waals surface area contributed by atoms with Gasteiger partial charge in [0.1, 0.15) is 6.61 Å². The van der Waals surface area contributed by atoms with Gasteiger partial charge < -0.3 is 15.6 Å². The molecule has 0 aromatic heterocycles. The number of esters is 1. The van der Waals surface area contributed by atoms with Crippen molar-refractivity contribution in [1.82, 2.24) is 0 Å². The largest absolute Gasteiger partial charge is 0.457 e. The van der Waals surface area contributed by atoms with Gasteiger partial charge in [0.05, 0.1) is 18.2 Å². The van der Waals surface area contributed by atoms with E-state index in [2.05, 4.69) is 0 Å². The number of ether oxygens (including phenoxy) is 1. The smallest absolute Gasteiger partial charge is 0.338 e. The lowest BCUT2D eigenvalue weighted by Crippen LogP contribution is -2.14. The summed E-state index contributed by atoms with van der Waals surface area (Å²) in [4.78, 5) is 11.1. The number of hydrogen-bond acceptors (Lipinski definition) is 4. The van der Waals surface area contributed by atoms with Crippen molar-refractivity contribution in [3.05, 3.63) is 34.9 Å². The molecule has 0 radical (unpaired) electrons. The average Bonchev–Trinajstić information content (AvgIpc) is 2.59. The Morgan fingerprint density at radius 3 is 3.07 bits per heavy atom. The Hall–Kier alpha value is -1.39. The summed E-state index contributed by atoms with van der Waals surface area (Å²) in [5.74, 6) is -0.288. The van der Waals surface area contributed by atoms with E-state index in [9.17, 15) is 4.79 Å². The number of carbonyl (C=O) groups is 1. The van der Waals surface area contributed by atoms with Gasteiger partial charge in [0.15, 0.2) is 0 Å². The first-order chi connectivity index (χ1) is 6.72. The van der Waals surface area contributed by atoms with Gasteiger partial charge in [0.25, 0.3) is 0 Å². The van der Waals surface area contributed by atoms with Gasteiger partial charge in [-0.3, -0.25) is 0 Å². The van der Waals surface area contributed by atoms with Crippen LogP contribution in [0.2, 0.25) is 0 Å². The SMILES string of the molecule is N[C@H](CO)c1ccc2c(c1)COC2=O. The van der Waals surface area contributed by atoms with E-state index in [-0.39, 0.29) is 12.6 Å². The fourth-order valence-electron chi connectivity index (χ4n) is 1.49. The number of cyclic esters (lactones) is 1. The van der Waals surface area contributed by atoms with E-state index in [1.165, 1.54) is 0 Å². The highest BCUT2D eigenvalue weighted by Crippen LogP contribution is 2.23. The van der Waals surface area contributed by atoms with Crippen molar-refractivity contribution < 1.29 is 14.6 Å². The van der Waals surface area contributed by atoms with Crippen LogP contribution in [0.25, 0.3) is 0 Å².